The molecule has 7 heteroatoms. The van der Waals surface area contributed by atoms with Crippen LogP contribution in [0.1, 0.15) is 0 Å². The quantitative estimate of drug-likeness (QED) is 0.708. The Kier molecular flexibility index (Phi) is 1.88. The number of imidazole rings is 1. The fraction of sp³-hybridized carbons (Fsp3) is 0.167. The largest absolute Gasteiger partial charge is 0.283 e. The fourth-order valence-corrected chi connectivity index (χ4v) is 1.58. The van der Waals surface area contributed by atoms with Gasteiger partial charge in [0.05, 0.1) is 0 Å². The lowest BCUT2D eigenvalue weighted by molar-refractivity contribution is 0.763. The minimum absolute atomic E-state index is 0.127. The Morgan fingerprint density at radius 2 is 2.31 bits per heavy atom. The zero-order valence-electron chi connectivity index (χ0n) is 6.53. The van der Waals surface area contributed by atoms with E-state index in [1.807, 2.05) is 0 Å². The van der Waals surface area contributed by atoms with Gasteiger partial charge in [-0.1, -0.05) is 0 Å². The first-order valence-electron chi connectivity index (χ1n) is 3.36. The molecule has 2 heterocycles. The van der Waals surface area contributed by atoms with Gasteiger partial charge in [0.1, 0.15) is 10.9 Å². The summed E-state index contributed by atoms with van der Waals surface area (Å²) in [4.78, 5) is 15.5. The SMILES string of the molecule is Cn1c(Cl)nn2cnc(Br)c2c1=O. The molecule has 68 valence electrons. The summed E-state index contributed by atoms with van der Waals surface area (Å²) >= 11 is 8.84. The topological polar surface area (TPSA) is 52.2 Å². The summed E-state index contributed by atoms with van der Waals surface area (Å²) in [5.74, 6) is 0. The standard InChI is InChI=1S/C6H4BrClN4O/c1-11-5(13)3-4(7)9-2-12(3)10-6(11)8/h2H,1H3. The molecule has 0 aliphatic rings. The van der Waals surface area contributed by atoms with Crippen molar-refractivity contribution in [3.05, 3.63) is 26.6 Å². The summed E-state index contributed by atoms with van der Waals surface area (Å²) in [6.07, 6.45) is 1.42. The van der Waals surface area contributed by atoms with Gasteiger partial charge in [-0.3, -0.25) is 9.36 Å². The van der Waals surface area contributed by atoms with Crippen molar-refractivity contribution in [1.29, 1.82) is 0 Å². The van der Waals surface area contributed by atoms with E-state index >= 15 is 0 Å². The van der Waals surface area contributed by atoms with Crippen LogP contribution in [0, 0.1) is 0 Å². The average molecular weight is 263 g/mol. The van der Waals surface area contributed by atoms with Crippen LogP contribution in [0.5, 0.6) is 0 Å². The van der Waals surface area contributed by atoms with Gasteiger partial charge in [0, 0.05) is 7.05 Å². The summed E-state index contributed by atoms with van der Waals surface area (Å²) in [6, 6.07) is 0. The lowest BCUT2D eigenvalue weighted by atomic mass is 10.6. The highest BCUT2D eigenvalue weighted by molar-refractivity contribution is 9.10. The van der Waals surface area contributed by atoms with E-state index in [-0.39, 0.29) is 10.8 Å². The molecule has 0 aliphatic heterocycles. The van der Waals surface area contributed by atoms with Crippen LogP contribution in [-0.2, 0) is 7.05 Å². The zero-order valence-corrected chi connectivity index (χ0v) is 8.87. The Hall–Kier alpha value is -0.880. The normalized spacial score (nSPS) is 11.0. The maximum atomic E-state index is 11.6. The van der Waals surface area contributed by atoms with Crippen molar-refractivity contribution in [3.8, 4) is 0 Å². The van der Waals surface area contributed by atoms with Crippen LogP contribution in [0.2, 0.25) is 5.28 Å². The molecule has 0 atom stereocenters. The number of halogens is 2. The van der Waals surface area contributed by atoms with Crippen LogP contribution < -0.4 is 5.56 Å². The van der Waals surface area contributed by atoms with Crippen molar-refractivity contribution in [2.45, 2.75) is 0 Å². The molecule has 0 bridgehead atoms. The maximum Gasteiger partial charge on any atom is 0.281 e. The van der Waals surface area contributed by atoms with Gasteiger partial charge in [-0.25, -0.2) is 9.50 Å². The molecule has 2 aromatic rings. The predicted octanol–water partition coefficient (Wildman–Crippen LogP) is 0.844. The van der Waals surface area contributed by atoms with Gasteiger partial charge >= 0.3 is 0 Å². The number of hydrogen-bond acceptors (Lipinski definition) is 3. The number of aromatic nitrogens is 4. The second-order valence-electron chi connectivity index (χ2n) is 2.46. The summed E-state index contributed by atoms with van der Waals surface area (Å²) in [7, 11) is 1.55. The molecule has 0 aromatic carbocycles. The summed E-state index contributed by atoms with van der Waals surface area (Å²) in [5, 5.41) is 4.04. The first kappa shape index (κ1) is 8.71. The van der Waals surface area contributed by atoms with Crippen molar-refractivity contribution in [2.24, 2.45) is 7.05 Å². The number of fused-ring (bicyclic) bond motifs is 1. The smallest absolute Gasteiger partial charge is 0.281 e. The Morgan fingerprint density at radius 3 is 3.00 bits per heavy atom. The van der Waals surface area contributed by atoms with Crippen LogP contribution in [0.15, 0.2) is 15.7 Å². The molecule has 0 spiro atoms. The van der Waals surface area contributed by atoms with Crippen LogP contribution >= 0.6 is 27.5 Å². The van der Waals surface area contributed by atoms with Crippen molar-refractivity contribution < 1.29 is 0 Å². The molecule has 0 saturated carbocycles. The molecule has 0 N–H and O–H groups in total. The lowest BCUT2D eigenvalue weighted by Crippen LogP contribution is -2.21. The van der Waals surface area contributed by atoms with Gasteiger partial charge in [0.2, 0.25) is 5.28 Å². The number of rotatable bonds is 0. The van der Waals surface area contributed by atoms with Crippen molar-refractivity contribution in [2.75, 3.05) is 0 Å². The molecule has 0 fully saturated rings. The summed E-state index contributed by atoms with van der Waals surface area (Å²) in [5.41, 5.74) is 0.149. The monoisotopic (exact) mass is 262 g/mol. The van der Waals surface area contributed by atoms with E-state index in [1.165, 1.54) is 15.4 Å². The maximum absolute atomic E-state index is 11.6. The zero-order chi connectivity index (χ0) is 9.59. The van der Waals surface area contributed by atoms with Gasteiger partial charge in [-0.15, -0.1) is 5.10 Å². The molecule has 2 aromatic heterocycles. The van der Waals surface area contributed by atoms with Crippen LogP contribution in [0.4, 0.5) is 0 Å². The highest BCUT2D eigenvalue weighted by Crippen LogP contribution is 2.11. The van der Waals surface area contributed by atoms with E-state index in [0.29, 0.717) is 10.1 Å². The van der Waals surface area contributed by atoms with Gasteiger partial charge in [-0.2, -0.15) is 0 Å². The van der Waals surface area contributed by atoms with Crippen molar-refractivity contribution in [1.82, 2.24) is 19.2 Å². The Bertz CT molecular complexity index is 531. The van der Waals surface area contributed by atoms with E-state index in [4.69, 9.17) is 11.6 Å². The highest BCUT2D eigenvalue weighted by Gasteiger charge is 2.10. The summed E-state index contributed by atoms with van der Waals surface area (Å²) in [6.45, 7) is 0. The van der Waals surface area contributed by atoms with E-state index in [1.54, 1.807) is 7.05 Å². The van der Waals surface area contributed by atoms with Crippen LogP contribution in [-0.4, -0.2) is 19.2 Å². The fourth-order valence-electron chi connectivity index (χ4n) is 0.979. The van der Waals surface area contributed by atoms with Gasteiger partial charge in [-0.05, 0) is 27.5 Å². The third-order valence-corrected chi connectivity index (χ3v) is 2.59. The molecule has 0 saturated heterocycles. The molecule has 5 nitrogen and oxygen atoms in total. The molecule has 0 radical (unpaired) electrons. The highest BCUT2D eigenvalue weighted by atomic mass is 79.9. The number of nitrogens with zero attached hydrogens (tertiary/aromatic N) is 4. The predicted molar refractivity (Wildman–Crippen MR) is 50.9 cm³/mol. The third kappa shape index (κ3) is 1.17. The van der Waals surface area contributed by atoms with Crippen molar-refractivity contribution >= 4 is 33.0 Å². The van der Waals surface area contributed by atoms with E-state index in [0.717, 1.165) is 0 Å². The van der Waals surface area contributed by atoms with E-state index in [2.05, 4.69) is 26.0 Å². The minimum atomic E-state index is -0.232. The molecule has 13 heavy (non-hydrogen) atoms. The minimum Gasteiger partial charge on any atom is -0.283 e. The average Bonchev–Trinajstić information content (AvgIpc) is 2.43. The molecular weight excluding hydrogens is 259 g/mol. The van der Waals surface area contributed by atoms with Crippen LogP contribution in [0.3, 0.4) is 0 Å². The molecule has 0 amide bonds. The van der Waals surface area contributed by atoms with Gasteiger partial charge < -0.3 is 0 Å². The number of hydrogen-bond donors (Lipinski definition) is 0. The molecule has 0 aliphatic carbocycles. The molecule has 0 unspecified atom stereocenters. The van der Waals surface area contributed by atoms with Gasteiger partial charge in [0.25, 0.3) is 5.56 Å². The molecule has 2 rings (SSSR count). The first-order valence-corrected chi connectivity index (χ1v) is 4.53. The molecular formula is C6H4BrClN4O. The second kappa shape index (κ2) is 2.81. The van der Waals surface area contributed by atoms with E-state index < -0.39 is 0 Å². The Labute approximate surface area is 86.1 Å². The lowest BCUT2D eigenvalue weighted by Gasteiger charge is -2.00. The Morgan fingerprint density at radius 1 is 1.62 bits per heavy atom. The first-order chi connectivity index (χ1) is 6.11. The van der Waals surface area contributed by atoms with Crippen LogP contribution in [0.25, 0.3) is 5.52 Å². The summed E-state index contributed by atoms with van der Waals surface area (Å²) < 4.78 is 3.07. The second-order valence-corrected chi connectivity index (χ2v) is 3.55. The van der Waals surface area contributed by atoms with Crippen molar-refractivity contribution in [3.63, 3.8) is 0 Å². The Balaban J connectivity index is 3.06. The van der Waals surface area contributed by atoms with Gasteiger partial charge in [0.15, 0.2) is 5.52 Å². The third-order valence-electron chi connectivity index (χ3n) is 1.68. The van der Waals surface area contributed by atoms with E-state index in [9.17, 15) is 4.79 Å².